The summed E-state index contributed by atoms with van der Waals surface area (Å²) in [4.78, 5) is 28.4. The lowest BCUT2D eigenvalue weighted by Crippen LogP contribution is -2.51. The molecule has 234 valence electrons. The highest BCUT2D eigenvalue weighted by Gasteiger charge is 2.51. The molecule has 4 saturated carbocycles. The number of amides is 2. The third kappa shape index (κ3) is 7.02. The van der Waals surface area contributed by atoms with E-state index in [1.165, 1.54) is 49.0 Å². The maximum Gasteiger partial charge on any atom is 0.244 e. The van der Waals surface area contributed by atoms with Crippen LogP contribution in [0.25, 0.3) is 0 Å². The fourth-order valence-electron chi connectivity index (χ4n) is 7.95. The zero-order valence-electron chi connectivity index (χ0n) is 25.5. The molecule has 6 rings (SSSR count). The van der Waals surface area contributed by atoms with Gasteiger partial charge in [-0.1, -0.05) is 55.2 Å². The summed E-state index contributed by atoms with van der Waals surface area (Å²) < 4.78 is 27.3. The van der Waals surface area contributed by atoms with Gasteiger partial charge in [0.2, 0.25) is 21.8 Å². The van der Waals surface area contributed by atoms with Crippen molar-refractivity contribution in [2.75, 3.05) is 23.7 Å². The first kappa shape index (κ1) is 32.1. The van der Waals surface area contributed by atoms with Crippen molar-refractivity contribution in [1.82, 2.24) is 10.2 Å². The Labute approximate surface area is 266 Å². The maximum absolute atomic E-state index is 13.9. The van der Waals surface area contributed by atoms with Crippen LogP contribution in [-0.4, -0.2) is 50.5 Å². The quantitative estimate of drug-likeness (QED) is 0.305. The normalized spacial score (nSPS) is 25.0. The van der Waals surface area contributed by atoms with Crippen molar-refractivity contribution in [1.29, 1.82) is 0 Å². The Hall–Kier alpha value is -2.29. The molecular weight excluding hydrogens is 605 g/mol. The van der Waals surface area contributed by atoms with Gasteiger partial charge in [-0.05, 0) is 104 Å². The molecule has 0 radical (unpaired) electrons. The average Bonchev–Trinajstić information content (AvgIpc) is 2.93. The minimum Gasteiger partial charge on any atom is -0.354 e. The molecule has 2 aromatic rings. The van der Waals surface area contributed by atoms with Crippen LogP contribution < -0.4 is 9.62 Å². The number of anilines is 1. The Morgan fingerprint density at radius 3 is 1.95 bits per heavy atom. The molecule has 2 amide bonds. The van der Waals surface area contributed by atoms with Crippen LogP contribution in [0.1, 0.15) is 70.4 Å². The SMILES string of the molecule is CC(C)CNC(=O)[C@@H](C)N(Cc1c(Cl)cccc1Cl)C(=O)CN(c1ccc(C23CC4CC(CC(C4)C2)C3)cc1)S(C)(=O)=O. The van der Waals surface area contributed by atoms with Crippen LogP contribution in [0.4, 0.5) is 5.69 Å². The van der Waals surface area contributed by atoms with Gasteiger partial charge in [0, 0.05) is 28.7 Å². The molecule has 0 aromatic heterocycles. The van der Waals surface area contributed by atoms with E-state index in [1.807, 2.05) is 26.0 Å². The summed E-state index contributed by atoms with van der Waals surface area (Å²) in [7, 11) is -3.83. The number of nitrogens with one attached hydrogen (secondary N) is 1. The van der Waals surface area contributed by atoms with Crippen molar-refractivity contribution >= 4 is 50.7 Å². The number of carbonyl (C=O) groups excluding carboxylic acids is 2. The molecule has 7 nitrogen and oxygen atoms in total. The third-order valence-electron chi connectivity index (χ3n) is 9.73. The molecule has 0 heterocycles. The minimum absolute atomic E-state index is 0.0455. The predicted octanol–water partition coefficient (Wildman–Crippen LogP) is 6.42. The lowest BCUT2D eigenvalue weighted by molar-refractivity contribution is -0.139. The second-order valence-corrected chi connectivity index (χ2v) is 16.3. The van der Waals surface area contributed by atoms with Crippen molar-refractivity contribution < 1.29 is 18.0 Å². The molecule has 0 saturated heterocycles. The van der Waals surface area contributed by atoms with Gasteiger partial charge in [-0.15, -0.1) is 0 Å². The van der Waals surface area contributed by atoms with E-state index < -0.39 is 28.5 Å². The summed E-state index contributed by atoms with van der Waals surface area (Å²) in [5.74, 6) is 1.76. The first-order chi connectivity index (χ1) is 20.3. The van der Waals surface area contributed by atoms with Gasteiger partial charge in [0.05, 0.1) is 11.9 Å². The number of halogens is 2. The monoisotopic (exact) mass is 647 g/mol. The summed E-state index contributed by atoms with van der Waals surface area (Å²) in [6.07, 6.45) is 8.79. The Bertz CT molecular complexity index is 1410. The highest BCUT2D eigenvalue weighted by atomic mass is 35.5. The molecule has 43 heavy (non-hydrogen) atoms. The standard InChI is InChI=1S/C33H43Cl2N3O4S/c1-21(2)18-36-32(40)22(3)37(19-28-29(34)6-5-7-30(28)35)31(39)20-38(43(4,41)42)27-10-8-26(9-11-27)33-15-23-12-24(16-33)14-25(13-23)17-33/h5-11,21-25H,12-20H2,1-4H3,(H,36,40)/t22-,23?,24?,25?,33?/m1/s1. The summed E-state index contributed by atoms with van der Waals surface area (Å²) in [5.41, 5.74) is 2.38. The van der Waals surface area contributed by atoms with E-state index >= 15 is 0 Å². The van der Waals surface area contributed by atoms with Gasteiger partial charge in [0.1, 0.15) is 12.6 Å². The Morgan fingerprint density at radius 2 is 1.47 bits per heavy atom. The Kier molecular flexibility index (Phi) is 9.41. The van der Waals surface area contributed by atoms with Crippen molar-refractivity contribution in [3.8, 4) is 0 Å². The van der Waals surface area contributed by atoms with Gasteiger partial charge in [-0.3, -0.25) is 13.9 Å². The van der Waals surface area contributed by atoms with E-state index in [9.17, 15) is 18.0 Å². The van der Waals surface area contributed by atoms with Gasteiger partial charge < -0.3 is 10.2 Å². The van der Waals surface area contributed by atoms with Gasteiger partial charge in [-0.25, -0.2) is 8.42 Å². The third-order valence-corrected chi connectivity index (χ3v) is 11.6. The lowest BCUT2D eigenvalue weighted by atomic mass is 9.48. The largest absolute Gasteiger partial charge is 0.354 e. The van der Waals surface area contributed by atoms with Crippen molar-refractivity contribution in [2.45, 2.75) is 77.3 Å². The summed E-state index contributed by atoms with van der Waals surface area (Å²) in [5, 5.41) is 3.60. The molecular formula is C33H43Cl2N3O4S. The van der Waals surface area contributed by atoms with Crippen molar-refractivity contribution in [3.05, 3.63) is 63.6 Å². The van der Waals surface area contributed by atoms with Crippen LogP contribution in [0, 0.1) is 23.7 Å². The van der Waals surface area contributed by atoms with Crippen molar-refractivity contribution in [3.63, 3.8) is 0 Å². The molecule has 2 aromatic carbocycles. The van der Waals surface area contributed by atoms with E-state index in [0.717, 1.165) is 28.3 Å². The van der Waals surface area contributed by atoms with Crippen LogP contribution in [0.3, 0.4) is 0 Å². The average molecular weight is 649 g/mol. The second kappa shape index (κ2) is 12.6. The lowest BCUT2D eigenvalue weighted by Gasteiger charge is -2.57. The number of benzene rings is 2. The molecule has 10 heteroatoms. The van der Waals surface area contributed by atoms with E-state index in [2.05, 4.69) is 17.4 Å². The van der Waals surface area contributed by atoms with Crippen LogP contribution in [0.2, 0.25) is 10.0 Å². The first-order valence-corrected chi connectivity index (χ1v) is 17.9. The minimum atomic E-state index is -3.83. The molecule has 0 spiro atoms. The highest BCUT2D eigenvalue weighted by Crippen LogP contribution is 2.60. The summed E-state index contributed by atoms with van der Waals surface area (Å²) in [6, 6.07) is 11.9. The zero-order valence-corrected chi connectivity index (χ0v) is 27.8. The van der Waals surface area contributed by atoms with Gasteiger partial charge in [-0.2, -0.15) is 0 Å². The number of nitrogens with zero attached hydrogens (tertiary/aromatic N) is 2. The highest BCUT2D eigenvalue weighted by molar-refractivity contribution is 7.92. The molecule has 0 aliphatic heterocycles. The van der Waals surface area contributed by atoms with Crippen LogP contribution >= 0.6 is 23.2 Å². The molecule has 1 atom stereocenters. The predicted molar refractivity (Wildman–Crippen MR) is 173 cm³/mol. The number of hydrogen-bond donors (Lipinski definition) is 1. The smallest absolute Gasteiger partial charge is 0.244 e. The molecule has 4 aliphatic carbocycles. The number of hydrogen-bond acceptors (Lipinski definition) is 4. The molecule has 4 fully saturated rings. The Morgan fingerprint density at radius 1 is 0.930 bits per heavy atom. The fourth-order valence-corrected chi connectivity index (χ4v) is 9.31. The molecule has 4 aliphatic rings. The number of carbonyl (C=O) groups is 2. The van der Waals surface area contributed by atoms with E-state index in [1.54, 1.807) is 25.1 Å². The Balaban J connectivity index is 1.40. The van der Waals surface area contributed by atoms with E-state index in [0.29, 0.717) is 27.8 Å². The zero-order chi connectivity index (χ0) is 31.1. The first-order valence-electron chi connectivity index (χ1n) is 15.3. The van der Waals surface area contributed by atoms with E-state index in [4.69, 9.17) is 23.2 Å². The van der Waals surface area contributed by atoms with Gasteiger partial charge in [0.25, 0.3) is 0 Å². The maximum atomic E-state index is 13.9. The molecule has 0 unspecified atom stereocenters. The van der Waals surface area contributed by atoms with Crippen LogP contribution in [-0.2, 0) is 31.6 Å². The van der Waals surface area contributed by atoms with E-state index in [-0.39, 0.29) is 23.8 Å². The molecule has 4 bridgehead atoms. The van der Waals surface area contributed by atoms with Crippen LogP contribution in [0.5, 0.6) is 0 Å². The number of rotatable bonds is 11. The van der Waals surface area contributed by atoms with Gasteiger partial charge in [0.15, 0.2) is 0 Å². The van der Waals surface area contributed by atoms with Crippen molar-refractivity contribution in [2.24, 2.45) is 23.7 Å². The summed E-state index contributed by atoms with van der Waals surface area (Å²) >= 11 is 12.9. The topological polar surface area (TPSA) is 86.8 Å². The van der Waals surface area contributed by atoms with Gasteiger partial charge >= 0.3 is 0 Å². The number of sulfonamides is 1. The summed E-state index contributed by atoms with van der Waals surface area (Å²) in [6.45, 7) is 5.54. The van der Waals surface area contributed by atoms with Crippen LogP contribution in [0.15, 0.2) is 42.5 Å². The fraction of sp³-hybridized carbons (Fsp3) is 0.576. The second-order valence-electron chi connectivity index (χ2n) is 13.6. The molecule has 1 N–H and O–H groups in total.